The molecule has 25 heavy (non-hydrogen) atoms. The molecular weight excluding hydrogens is 318 g/mol. The molecule has 0 radical (unpaired) electrons. The number of ether oxygens (including phenoxy) is 3. The third-order valence-electron chi connectivity index (χ3n) is 4.97. The van der Waals surface area contributed by atoms with Crippen LogP contribution in [0.1, 0.15) is 46.0 Å². The number of hydrogen-bond acceptors (Lipinski definition) is 4. The zero-order valence-corrected chi connectivity index (χ0v) is 15.7. The molecule has 1 unspecified atom stereocenters. The molecular formula is C20H33NO4. The number of hydrogen-bond donors (Lipinski definition) is 1. The van der Waals surface area contributed by atoms with Crippen molar-refractivity contribution in [1.29, 1.82) is 0 Å². The summed E-state index contributed by atoms with van der Waals surface area (Å²) in [4.78, 5) is 11.7. The van der Waals surface area contributed by atoms with E-state index in [1.165, 1.54) is 0 Å². The highest BCUT2D eigenvalue weighted by atomic mass is 16.6. The molecule has 0 aromatic carbocycles. The van der Waals surface area contributed by atoms with Crippen LogP contribution in [0.4, 0.5) is 4.79 Å². The second kappa shape index (κ2) is 11.4. The van der Waals surface area contributed by atoms with Gasteiger partial charge in [-0.3, -0.25) is 0 Å². The van der Waals surface area contributed by atoms with Crippen LogP contribution in [0, 0.1) is 35.5 Å². The minimum Gasteiger partial charge on any atom is -0.449 e. The van der Waals surface area contributed by atoms with E-state index in [1.807, 2.05) is 0 Å². The monoisotopic (exact) mass is 351 g/mol. The molecule has 1 saturated carbocycles. The summed E-state index contributed by atoms with van der Waals surface area (Å²) in [6.07, 6.45) is 5.02. The molecule has 1 fully saturated rings. The molecule has 0 saturated heterocycles. The van der Waals surface area contributed by atoms with Crippen LogP contribution < -0.4 is 5.32 Å². The maximum atomic E-state index is 11.7. The van der Waals surface area contributed by atoms with Crippen molar-refractivity contribution < 1.29 is 19.0 Å². The summed E-state index contributed by atoms with van der Waals surface area (Å²) in [6, 6.07) is 0. The number of carbonyl (C=O) groups is 1. The van der Waals surface area contributed by atoms with Gasteiger partial charge in [-0.05, 0) is 42.9 Å². The van der Waals surface area contributed by atoms with E-state index in [9.17, 15) is 4.79 Å². The molecule has 2 aliphatic carbocycles. The molecule has 1 N–H and O–H groups in total. The molecule has 2 rings (SSSR count). The topological polar surface area (TPSA) is 56.8 Å². The van der Waals surface area contributed by atoms with Gasteiger partial charge in [0.2, 0.25) is 0 Å². The number of fused-ring (bicyclic) bond motifs is 1. The predicted molar refractivity (Wildman–Crippen MR) is 97.2 cm³/mol. The lowest BCUT2D eigenvalue weighted by Gasteiger charge is -2.09. The molecule has 3 atom stereocenters. The van der Waals surface area contributed by atoms with Crippen molar-refractivity contribution in [2.75, 3.05) is 39.6 Å². The Morgan fingerprint density at radius 2 is 1.68 bits per heavy atom. The van der Waals surface area contributed by atoms with Gasteiger partial charge in [0.15, 0.2) is 0 Å². The van der Waals surface area contributed by atoms with Gasteiger partial charge < -0.3 is 19.5 Å². The Morgan fingerprint density at radius 3 is 2.32 bits per heavy atom. The molecule has 5 heteroatoms. The minimum atomic E-state index is -0.340. The Morgan fingerprint density at radius 1 is 1.04 bits per heavy atom. The Kier molecular flexibility index (Phi) is 9.14. The second-order valence-electron chi connectivity index (χ2n) is 7.35. The first-order valence-corrected chi connectivity index (χ1v) is 9.70. The maximum absolute atomic E-state index is 11.7. The summed E-state index contributed by atoms with van der Waals surface area (Å²) in [5.74, 6) is 9.01. The Hall–Kier alpha value is -1.25. The van der Waals surface area contributed by atoms with Gasteiger partial charge in [0.1, 0.15) is 0 Å². The van der Waals surface area contributed by atoms with E-state index < -0.39 is 0 Å². The van der Waals surface area contributed by atoms with Crippen LogP contribution in [0.5, 0.6) is 0 Å². The second-order valence-corrected chi connectivity index (χ2v) is 7.35. The van der Waals surface area contributed by atoms with Gasteiger partial charge in [0.25, 0.3) is 0 Å². The summed E-state index contributed by atoms with van der Waals surface area (Å²) < 4.78 is 16.2. The molecule has 0 aromatic heterocycles. The quantitative estimate of drug-likeness (QED) is 0.459. The Bertz CT molecular complexity index is 436. The largest absolute Gasteiger partial charge is 0.449 e. The first-order chi connectivity index (χ1) is 12.2. The smallest absolute Gasteiger partial charge is 0.407 e. The van der Waals surface area contributed by atoms with E-state index in [-0.39, 0.29) is 6.09 Å². The van der Waals surface area contributed by atoms with E-state index in [4.69, 9.17) is 14.2 Å². The fraction of sp³-hybridized carbons (Fsp3) is 0.850. The number of rotatable bonds is 11. The SMILES string of the molecule is CC(C)CCOCCOCCNC(=O)OCC1[C@H]2CCC#CCC[C@@H]12. The maximum Gasteiger partial charge on any atom is 0.407 e. The molecule has 0 spiro atoms. The molecule has 2 aliphatic rings. The average Bonchev–Trinajstić information content (AvgIpc) is 3.20. The Labute approximate surface area is 152 Å². The number of alkyl carbamates (subject to hydrolysis) is 1. The highest BCUT2D eigenvalue weighted by Gasteiger charge is 2.49. The first-order valence-electron chi connectivity index (χ1n) is 9.70. The molecule has 5 nitrogen and oxygen atoms in total. The highest BCUT2D eigenvalue weighted by Crippen LogP contribution is 2.52. The summed E-state index contributed by atoms with van der Waals surface area (Å²) in [5.41, 5.74) is 0. The van der Waals surface area contributed by atoms with Crippen LogP contribution in [0.2, 0.25) is 0 Å². The van der Waals surface area contributed by atoms with Crippen molar-refractivity contribution >= 4 is 6.09 Å². The van der Waals surface area contributed by atoms with E-state index >= 15 is 0 Å². The van der Waals surface area contributed by atoms with Crippen molar-refractivity contribution in [3.8, 4) is 11.8 Å². The normalized spacial score (nSPS) is 24.5. The van der Waals surface area contributed by atoms with Gasteiger partial charge in [-0.15, -0.1) is 11.8 Å². The molecule has 0 heterocycles. The fourth-order valence-electron chi connectivity index (χ4n) is 3.37. The van der Waals surface area contributed by atoms with Crippen LogP contribution in [0.15, 0.2) is 0 Å². The van der Waals surface area contributed by atoms with E-state index in [0.29, 0.717) is 56.6 Å². The molecule has 142 valence electrons. The van der Waals surface area contributed by atoms with Gasteiger partial charge in [-0.1, -0.05) is 13.8 Å². The molecule has 0 aromatic rings. The lowest BCUT2D eigenvalue weighted by Crippen LogP contribution is -2.29. The first kappa shape index (κ1) is 20.1. The van der Waals surface area contributed by atoms with Crippen molar-refractivity contribution in [1.82, 2.24) is 5.32 Å². The number of amides is 1. The summed E-state index contributed by atoms with van der Waals surface area (Å²) in [7, 11) is 0. The van der Waals surface area contributed by atoms with Crippen LogP contribution in [-0.2, 0) is 14.2 Å². The third kappa shape index (κ3) is 8.11. The minimum absolute atomic E-state index is 0.340. The highest BCUT2D eigenvalue weighted by molar-refractivity contribution is 5.67. The lowest BCUT2D eigenvalue weighted by atomic mass is 10.1. The standard InChI is InChI=1S/C20H33NO4/c1-16(2)9-11-23-13-14-24-12-10-21-20(22)25-15-19-17-7-5-3-4-6-8-18(17)19/h16-19H,5-15H2,1-2H3,(H,21,22)/t17-,18+,19?. The third-order valence-corrected chi connectivity index (χ3v) is 4.97. The number of carbonyl (C=O) groups excluding carboxylic acids is 1. The molecule has 0 bridgehead atoms. The van der Waals surface area contributed by atoms with Gasteiger partial charge in [-0.2, -0.15) is 0 Å². The number of nitrogens with one attached hydrogen (secondary N) is 1. The zero-order chi connectivity index (χ0) is 17.9. The van der Waals surface area contributed by atoms with Crippen LogP contribution in [-0.4, -0.2) is 45.7 Å². The summed E-state index contributed by atoms with van der Waals surface area (Å²) in [5, 5.41) is 2.74. The van der Waals surface area contributed by atoms with Gasteiger partial charge in [0, 0.05) is 26.0 Å². The van der Waals surface area contributed by atoms with Crippen LogP contribution in [0.3, 0.4) is 0 Å². The average molecular weight is 351 g/mol. The van der Waals surface area contributed by atoms with Crippen LogP contribution >= 0.6 is 0 Å². The fourth-order valence-corrected chi connectivity index (χ4v) is 3.37. The van der Waals surface area contributed by atoms with Gasteiger partial charge in [0.05, 0.1) is 26.4 Å². The predicted octanol–water partition coefficient (Wildman–Crippen LogP) is 3.23. The van der Waals surface area contributed by atoms with Crippen molar-refractivity contribution in [3.05, 3.63) is 0 Å². The van der Waals surface area contributed by atoms with E-state index in [0.717, 1.165) is 38.7 Å². The van der Waals surface area contributed by atoms with Crippen LogP contribution in [0.25, 0.3) is 0 Å². The van der Waals surface area contributed by atoms with E-state index in [1.54, 1.807) is 0 Å². The lowest BCUT2D eigenvalue weighted by molar-refractivity contribution is 0.0445. The Balaban J connectivity index is 1.40. The van der Waals surface area contributed by atoms with E-state index in [2.05, 4.69) is 31.0 Å². The van der Waals surface area contributed by atoms with Crippen molar-refractivity contribution in [2.24, 2.45) is 23.7 Å². The van der Waals surface area contributed by atoms with Crippen molar-refractivity contribution in [2.45, 2.75) is 46.0 Å². The zero-order valence-electron chi connectivity index (χ0n) is 15.7. The summed E-state index contributed by atoms with van der Waals surface area (Å²) >= 11 is 0. The van der Waals surface area contributed by atoms with Crippen molar-refractivity contribution in [3.63, 3.8) is 0 Å². The molecule has 0 aliphatic heterocycles. The van der Waals surface area contributed by atoms with Gasteiger partial charge >= 0.3 is 6.09 Å². The molecule has 1 amide bonds. The summed E-state index contributed by atoms with van der Waals surface area (Å²) in [6.45, 7) is 7.78. The van der Waals surface area contributed by atoms with Gasteiger partial charge in [-0.25, -0.2) is 4.79 Å².